The summed E-state index contributed by atoms with van der Waals surface area (Å²) in [7, 11) is 0. The summed E-state index contributed by atoms with van der Waals surface area (Å²) in [5.41, 5.74) is 2.91. The third-order valence-electron chi connectivity index (χ3n) is 4.29. The van der Waals surface area contributed by atoms with Crippen molar-refractivity contribution >= 4 is 5.91 Å². The van der Waals surface area contributed by atoms with E-state index in [0.717, 1.165) is 0 Å². The molecule has 0 unspecified atom stereocenters. The third kappa shape index (κ3) is 2.77. The highest BCUT2D eigenvalue weighted by Gasteiger charge is 2.32. The van der Waals surface area contributed by atoms with Crippen LogP contribution in [0.25, 0.3) is 0 Å². The Morgan fingerprint density at radius 2 is 2.09 bits per heavy atom. The maximum absolute atomic E-state index is 11.9. The molecule has 22 heavy (non-hydrogen) atoms. The second-order valence-electron chi connectivity index (χ2n) is 6.34. The van der Waals surface area contributed by atoms with Gasteiger partial charge in [-0.25, -0.2) is 0 Å². The highest BCUT2D eigenvalue weighted by Crippen LogP contribution is 2.44. The number of carbonyl (C=O) groups is 1. The summed E-state index contributed by atoms with van der Waals surface area (Å²) in [6.45, 7) is 3.03. The van der Waals surface area contributed by atoms with Gasteiger partial charge in [0.1, 0.15) is 5.76 Å². The van der Waals surface area contributed by atoms with Crippen LogP contribution in [-0.2, 0) is 6.54 Å². The van der Waals surface area contributed by atoms with Crippen LogP contribution >= 0.6 is 0 Å². The minimum atomic E-state index is -0.195. The lowest BCUT2D eigenvalue weighted by atomic mass is 10.2. The summed E-state index contributed by atoms with van der Waals surface area (Å²) in [5, 5.41) is 11.3. The number of aromatic nitrogens is 3. The summed E-state index contributed by atoms with van der Waals surface area (Å²) >= 11 is 0. The molecule has 0 atom stereocenters. The quantitative estimate of drug-likeness (QED) is 0.889. The lowest BCUT2D eigenvalue weighted by molar-refractivity contribution is 0.0942. The number of rotatable bonds is 6. The Labute approximate surface area is 128 Å². The zero-order valence-electron chi connectivity index (χ0n) is 12.7. The first-order chi connectivity index (χ1) is 10.7. The molecular weight excluding hydrogens is 280 g/mol. The minimum absolute atomic E-state index is 0.195. The van der Waals surface area contributed by atoms with E-state index in [0.29, 0.717) is 36.4 Å². The van der Waals surface area contributed by atoms with E-state index >= 15 is 0 Å². The molecule has 0 saturated heterocycles. The van der Waals surface area contributed by atoms with E-state index < -0.39 is 0 Å². The van der Waals surface area contributed by atoms with Gasteiger partial charge in [-0.15, -0.1) is 0 Å². The van der Waals surface area contributed by atoms with Gasteiger partial charge in [0.25, 0.3) is 5.91 Å². The fourth-order valence-corrected chi connectivity index (χ4v) is 2.76. The van der Waals surface area contributed by atoms with E-state index in [1.807, 2.05) is 0 Å². The fourth-order valence-electron chi connectivity index (χ4n) is 2.76. The zero-order chi connectivity index (χ0) is 15.1. The predicted octanol–water partition coefficient (Wildman–Crippen LogP) is 2.36. The Hall–Kier alpha value is -2.11. The number of nitrogens with zero attached hydrogens (tertiary/aromatic N) is 3. The van der Waals surface area contributed by atoms with Gasteiger partial charge in [0.2, 0.25) is 0 Å². The molecule has 6 nitrogen and oxygen atoms in total. The van der Waals surface area contributed by atoms with Crippen molar-refractivity contribution in [2.24, 2.45) is 0 Å². The van der Waals surface area contributed by atoms with Crippen molar-refractivity contribution in [3.05, 3.63) is 35.0 Å². The van der Waals surface area contributed by atoms with Crippen LogP contribution in [0, 0.1) is 6.92 Å². The number of carbonyl (C=O) groups excluding carboxylic acids is 1. The van der Waals surface area contributed by atoms with Gasteiger partial charge in [-0.1, -0.05) is 5.16 Å². The van der Waals surface area contributed by atoms with Crippen LogP contribution in [0.1, 0.15) is 65.2 Å². The summed E-state index contributed by atoms with van der Waals surface area (Å²) < 4.78 is 7.00. The highest BCUT2D eigenvalue weighted by atomic mass is 16.5. The van der Waals surface area contributed by atoms with Crippen LogP contribution in [-0.4, -0.2) is 27.4 Å². The second-order valence-corrected chi connectivity index (χ2v) is 6.34. The van der Waals surface area contributed by atoms with E-state index in [2.05, 4.69) is 21.2 Å². The number of nitrogens with one attached hydrogen (secondary N) is 1. The Bertz CT molecular complexity index is 695. The molecule has 2 aliphatic carbocycles. The van der Waals surface area contributed by atoms with Crippen LogP contribution in [0.3, 0.4) is 0 Å². The normalized spacial score (nSPS) is 17.7. The molecule has 6 heteroatoms. The van der Waals surface area contributed by atoms with Crippen LogP contribution in [0.15, 0.2) is 16.7 Å². The molecule has 2 fully saturated rings. The smallest absolute Gasteiger partial charge is 0.273 e. The molecule has 2 aromatic heterocycles. The van der Waals surface area contributed by atoms with Crippen molar-refractivity contribution in [2.75, 3.05) is 6.54 Å². The molecule has 2 aliphatic rings. The monoisotopic (exact) mass is 300 g/mol. The Balaban J connectivity index is 1.38. The van der Waals surface area contributed by atoms with E-state index in [1.54, 1.807) is 13.0 Å². The third-order valence-corrected chi connectivity index (χ3v) is 4.29. The van der Waals surface area contributed by atoms with Crippen LogP contribution in [0.4, 0.5) is 0 Å². The molecule has 0 radical (unpaired) electrons. The summed E-state index contributed by atoms with van der Waals surface area (Å²) in [4.78, 5) is 11.9. The van der Waals surface area contributed by atoms with Crippen molar-refractivity contribution in [2.45, 2.75) is 51.0 Å². The molecule has 0 aliphatic heterocycles. The van der Waals surface area contributed by atoms with Crippen LogP contribution in [0.2, 0.25) is 0 Å². The van der Waals surface area contributed by atoms with E-state index in [4.69, 9.17) is 9.62 Å². The van der Waals surface area contributed by atoms with Gasteiger partial charge in [0, 0.05) is 30.1 Å². The average molecular weight is 300 g/mol. The molecule has 2 aromatic rings. The fraction of sp³-hybridized carbons (Fsp3) is 0.562. The Kier molecular flexibility index (Phi) is 3.24. The predicted molar refractivity (Wildman–Crippen MR) is 79.8 cm³/mol. The largest absolute Gasteiger partial charge is 0.361 e. The maximum atomic E-state index is 11.9. The Morgan fingerprint density at radius 1 is 1.32 bits per heavy atom. The number of hydrogen-bond donors (Lipinski definition) is 1. The molecule has 116 valence electrons. The standard InChI is InChI=1S/C16H20N4O2/c1-10-8-14(19-22-10)16(21)17-6-7-20-15(12-4-5-12)9-13(18-20)11-2-3-11/h8-9,11-12H,2-7H2,1H3,(H,17,21). The molecule has 1 amide bonds. The second kappa shape index (κ2) is 5.26. The van der Waals surface area contributed by atoms with Crippen molar-refractivity contribution in [1.82, 2.24) is 20.3 Å². The summed E-state index contributed by atoms with van der Waals surface area (Å²) in [6, 6.07) is 3.92. The van der Waals surface area contributed by atoms with Crippen molar-refractivity contribution in [3.8, 4) is 0 Å². The molecular formula is C16H20N4O2. The van der Waals surface area contributed by atoms with Gasteiger partial charge in [-0.05, 0) is 38.7 Å². The van der Waals surface area contributed by atoms with Crippen LogP contribution < -0.4 is 5.32 Å². The number of aryl methyl sites for hydroxylation is 1. The van der Waals surface area contributed by atoms with Crippen LogP contribution in [0.5, 0.6) is 0 Å². The first-order valence-corrected chi connectivity index (χ1v) is 8.00. The van der Waals surface area contributed by atoms with Gasteiger partial charge < -0.3 is 9.84 Å². The maximum Gasteiger partial charge on any atom is 0.273 e. The van der Waals surface area contributed by atoms with Gasteiger partial charge in [0.15, 0.2) is 5.69 Å². The SMILES string of the molecule is Cc1cc(C(=O)NCCn2nc(C3CC3)cc2C2CC2)no1. The van der Waals surface area contributed by atoms with E-state index in [-0.39, 0.29) is 5.91 Å². The van der Waals surface area contributed by atoms with E-state index in [9.17, 15) is 4.79 Å². The summed E-state index contributed by atoms with van der Waals surface area (Å²) in [5.74, 6) is 1.79. The topological polar surface area (TPSA) is 73.0 Å². The molecule has 0 aromatic carbocycles. The molecule has 2 saturated carbocycles. The first-order valence-electron chi connectivity index (χ1n) is 8.00. The molecule has 1 N–H and O–H groups in total. The summed E-state index contributed by atoms with van der Waals surface area (Å²) in [6.07, 6.45) is 5.06. The lowest BCUT2D eigenvalue weighted by Crippen LogP contribution is -2.28. The molecule has 0 spiro atoms. The average Bonchev–Trinajstić information content (AvgIpc) is 3.43. The Morgan fingerprint density at radius 3 is 2.73 bits per heavy atom. The molecule has 4 rings (SSSR count). The highest BCUT2D eigenvalue weighted by molar-refractivity contribution is 5.92. The van der Waals surface area contributed by atoms with Crippen molar-refractivity contribution in [1.29, 1.82) is 0 Å². The number of amides is 1. The number of hydrogen-bond acceptors (Lipinski definition) is 4. The minimum Gasteiger partial charge on any atom is -0.361 e. The van der Waals surface area contributed by atoms with Crippen molar-refractivity contribution < 1.29 is 9.32 Å². The first kappa shape index (κ1) is 13.5. The zero-order valence-corrected chi connectivity index (χ0v) is 12.7. The van der Waals surface area contributed by atoms with Crippen molar-refractivity contribution in [3.63, 3.8) is 0 Å². The van der Waals surface area contributed by atoms with E-state index in [1.165, 1.54) is 37.1 Å². The molecule has 0 bridgehead atoms. The van der Waals surface area contributed by atoms with Gasteiger partial charge in [-0.2, -0.15) is 5.10 Å². The van der Waals surface area contributed by atoms with Gasteiger partial charge in [0.05, 0.1) is 12.2 Å². The lowest BCUT2D eigenvalue weighted by Gasteiger charge is -2.07. The van der Waals surface area contributed by atoms with Gasteiger partial charge >= 0.3 is 0 Å². The van der Waals surface area contributed by atoms with Gasteiger partial charge in [-0.3, -0.25) is 9.48 Å². The molecule has 2 heterocycles.